The van der Waals surface area contributed by atoms with E-state index in [4.69, 9.17) is 25.5 Å². The number of nitrogens with zero attached hydrogens (tertiary/aromatic N) is 4. The molecule has 14 heteroatoms. The number of nitrogens with one attached hydrogen (secondary N) is 1. The van der Waals surface area contributed by atoms with Crippen molar-refractivity contribution in [2.24, 2.45) is 0 Å². The Morgan fingerprint density at radius 2 is 1.81 bits per heavy atom. The number of ether oxygens (including phenoxy) is 2. The zero-order valence-electron chi connectivity index (χ0n) is 26.5. The van der Waals surface area contributed by atoms with Crippen LogP contribution in [-0.4, -0.2) is 76.1 Å². The van der Waals surface area contributed by atoms with E-state index in [0.29, 0.717) is 53.2 Å². The minimum absolute atomic E-state index is 0.134. The molecule has 0 radical (unpaired) electrons. The van der Waals surface area contributed by atoms with Gasteiger partial charge in [0.25, 0.3) is 15.9 Å². The van der Waals surface area contributed by atoms with E-state index < -0.39 is 33.3 Å². The van der Waals surface area contributed by atoms with E-state index in [-0.39, 0.29) is 21.2 Å². The molecule has 48 heavy (non-hydrogen) atoms. The first-order valence-corrected chi connectivity index (χ1v) is 17.5. The highest BCUT2D eigenvalue weighted by Crippen LogP contribution is 2.57. The number of halogens is 2. The third kappa shape index (κ3) is 5.24. The second kappa shape index (κ2) is 12.8. The molecule has 1 aromatic heterocycles. The lowest BCUT2D eigenvalue weighted by Gasteiger charge is -2.41. The summed E-state index contributed by atoms with van der Waals surface area (Å²) in [7, 11) is -1.62. The van der Waals surface area contributed by atoms with Crippen LogP contribution in [0.2, 0.25) is 5.02 Å². The van der Waals surface area contributed by atoms with Crippen molar-refractivity contribution in [1.82, 2.24) is 20.1 Å². The molecule has 0 spiro atoms. The molecule has 3 aromatic carbocycles. The van der Waals surface area contributed by atoms with Crippen LogP contribution in [0.15, 0.2) is 76.4 Å². The highest BCUT2D eigenvalue weighted by molar-refractivity contribution is 7.93. The zero-order valence-corrected chi connectivity index (χ0v) is 28.1. The minimum atomic E-state index is -4.59. The van der Waals surface area contributed by atoms with Gasteiger partial charge in [0.1, 0.15) is 23.6 Å². The number of carbonyl (C=O) groups is 1. The number of amides is 1. The molecule has 1 N–H and O–H groups in total. The fourth-order valence-electron chi connectivity index (χ4n) is 7.24. The quantitative estimate of drug-likeness (QED) is 0.264. The molecule has 11 nitrogen and oxygen atoms in total. The molecule has 3 aliphatic rings. The van der Waals surface area contributed by atoms with Gasteiger partial charge in [0, 0.05) is 56.5 Å². The molecule has 0 aliphatic carbocycles. The van der Waals surface area contributed by atoms with Crippen LogP contribution in [0, 0.1) is 5.82 Å². The van der Waals surface area contributed by atoms with Crippen LogP contribution in [0.3, 0.4) is 0 Å². The number of oxazole rings is 1. The highest BCUT2D eigenvalue weighted by Gasteiger charge is 2.63. The summed E-state index contributed by atoms with van der Waals surface area (Å²) in [6, 6.07) is 13.2. The number of methoxy groups -OCH3 is 2. The van der Waals surface area contributed by atoms with Crippen molar-refractivity contribution in [3.63, 3.8) is 0 Å². The van der Waals surface area contributed by atoms with Crippen LogP contribution in [0.1, 0.15) is 41.5 Å². The Hall–Kier alpha value is -4.01. The van der Waals surface area contributed by atoms with E-state index in [1.54, 1.807) is 6.07 Å². The first-order valence-electron chi connectivity index (χ1n) is 15.7. The number of anilines is 1. The standard InChI is InChI=1S/C34H35ClFN5O6S/c1-45-23-6-8-24(9-7-23)48(43,44)41-30-20-28(36)27(35)19-25(30)34(33(41)42,40-14-3-4-29(40)32-38-13-17-47-32)26-18-22(5-10-31(26)46-2)21-39-15-11-37-12-16-39/h5-10,13,17-20,29,37H,3-4,11-12,14-16,21H2,1-2H3/t29-,34?/m0/s1. The number of fused-ring (bicyclic) bond motifs is 1. The average molecular weight is 696 g/mol. The summed E-state index contributed by atoms with van der Waals surface area (Å²) in [4.78, 5) is 24.0. The van der Waals surface area contributed by atoms with E-state index in [9.17, 15) is 8.42 Å². The number of hydrogen-bond donors (Lipinski definition) is 1. The molecule has 1 amide bonds. The second-order valence-electron chi connectivity index (χ2n) is 12.0. The number of carbonyl (C=O) groups excluding carboxylic acids is 1. The molecule has 2 atom stereocenters. The van der Waals surface area contributed by atoms with Gasteiger partial charge in [-0.3, -0.25) is 14.6 Å². The van der Waals surface area contributed by atoms with Crippen LogP contribution >= 0.6 is 11.6 Å². The van der Waals surface area contributed by atoms with Crippen molar-refractivity contribution in [1.29, 1.82) is 0 Å². The number of benzene rings is 3. The molecule has 2 saturated heterocycles. The molecular formula is C34H35ClFN5O6S. The minimum Gasteiger partial charge on any atom is -0.497 e. The predicted molar refractivity (Wildman–Crippen MR) is 176 cm³/mol. The van der Waals surface area contributed by atoms with E-state index >= 15 is 9.18 Å². The number of hydrogen-bond acceptors (Lipinski definition) is 10. The molecule has 4 heterocycles. The Kier molecular flexibility index (Phi) is 8.67. The van der Waals surface area contributed by atoms with Crippen molar-refractivity contribution in [2.75, 3.05) is 51.2 Å². The first-order chi connectivity index (χ1) is 23.2. The van der Waals surface area contributed by atoms with Crippen LogP contribution in [-0.2, 0) is 26.9 Å². The highest BCUT2D eigenvalue weighted by atomic mass is 35.5. The maximum absolute atomic E-state index is 15.5. The summed E-state index contributed by atoms with van der Waals surface area (Å²) in [5, 5.41) is 3.11. The predicted octanol–water partition coefficient (Wildman–Crippen LogP) is 4.71. The zero-order chi connectivity index (χ0) is 33.6. The maximum atomic E-state index is 15.5. The average Bonchev–Trinajstić information content (AvgIpc) is 3.85. The lowest BCUT2D eigenvalue weighted by molar-refractivity contribution is -0.127. The molecule has 4 aromatic rings. The van der Waals surface area contributed by atoms with E-state index in [1.807, 2.05) is 17.0 Å². The second-order valence-corrected chi connectivity index (χ2v) is 14.2. The van der Waals surface area contributed by atoms with Gasteiger partial charge >= 0.3 is 0 Å². The third-order valence-corrected chi connectivity index (χ3v) is 11.4. The monoisotopic (exact) mass is 695 g/mol. The van der Waals surface area contributed by atoms with Gasteiger partial charge < -0.3 is 19.2 Å². The Morgan fingerprint density at radius 1 is 1.04 bits per heavy atom. The molecule has 2 fully saturated rings. The summed E-state index contributed by atoms with van der Waals surface area (Å²) in [5.74, 6) is -0.501. The van der Waals surface area contributed by atoms with E-state index in [2.05, 4.69) is 15.2 Å². The van der Waals surface area contributed by atoms with Crippen molar-refractivity contribution in [2.45, 2.75) is 35.9 Å². The lowest BCUT2D eigenvalue weighted by atomic mass is 9.80. The smallest absolute Gasteiger partial charge is 0.271 e. The van der Waals surface area contributed by atoms with Crippen LogP contribution in [0.25, 0.3) is 0 Å². The van der Waals surface area contributed by atoms with Crippen LogP contribution in [0.4, 0.5) is 10.1 Å². The number of likely N-dealkylation sites (tertiary alicyclic amines) is 1. The summed E-state index contributed by atoms with van der Waals surface area (Å²) in [5.41, 5.74) is -0.431. The van der Waals surface area contributed by atoms with Gasteiger partial charge in [0.15, 0.2) is 5.54 Å². The molecule has 1 unspecified atom stereocenters. The fourth-order valence-corrected chi connectivity index (χ4v) is 8.85. The summed E-state index contributed by atoms with van der Waals surface area (Å²) < 4.78 is 62.2. The van der Waals surface area contributed by atoms with Gasteiger partial charge in [-0.15, -0.1) is 0 Å². The summed E-state index contributed by atoms with van der Waals surface area (Å²) >= 11 is 6.48. The summed E-state index contributed by atoms with van der Waals surface area (Å²) in [6.45, 7) is 4.36. The Bertz CT molecular complexity index is 1940. The molecule has 0 saturated carbocycles. The van der Waals surface area contributed by atoms with Crippen LogP contribution in [0.5, 0.6) is 11.5 Å². The Labute approximate surface area is 283 Å². The molecule has 0 bridgehead atoms. The lowest BCUT2D eigenvalue weighted by Crippen LogP contribution is -2.54. The molecule has 252 valence electrons. The van der Waals surface area contributed by atoms with Crippen molar-refractivity contribution in [3.8, 4) is 11.5 Å². The number of aromatic nitrogens is 1. The number of sulfonamides is 1. The van der Waals surface area contributed by atoms with Gasteiger partial charge in [-0.25, -0.2) is 22.1 Å². The maximum Gasteiger partial charge on any atom is 0.271 e. The van der Waals surface area contributed by atoms with Gasteiger partial charge in [-0.05, 0) is 60.9 Å². The van der Waals surface area contributed by atoms with Gasteiger partial charge in [-0.1, -0.05) is 17.7 Å². The summed E-state index contributed by atoms with van der Waals surface area (Å²) in [6.07, 6.45) is 4.22. The number of rotatable bonds is 9. The largest absolute Gasteiger partial charge is 0.497 e. The van der Waals surface area contributed by atoms with Crippen molar-refractivity contribution in [3.05, 3.63) is 100 Å². The first kappa shape index (κ1) is 32.5. The van der Waals surface area contributed by atoms with E-state index in [0.717, 1.165) is 37.8 Å². The van der Waals surface area contributed by atoms with Crippen LogP contribution < -0.4 is 19.1 Å². The molecular weight excluding hydrogens is 661 g/mol. The van der Waals surface area contributed by atoms with Gasteiger partial charge in [-0.2, -0.15) is 0 Å². The SMILES string of the molecule is COc1ccc(S(=O)(=O)N2C(=O)C(c3cc(CN4CCNCC4)ccc3OC)(N3CCC[C@H]3c3ncco3)c3cc(Cl)c(F)cc32)cc1. The normalized spacial score (nSPS) is 21.9. The van der Waals surface area contributed by atoms with Gasteiger partial charge in [0.05, 0.1) is 42.1 Å². The molecule has 3 aliphatic heterocycles. The van der Waals surface area contributed by atoms with Gasteiger partial charge in [0.2, 0.25) is 5.89 Å². The number of piperazine rings is 1. The van der Waals surface area contributed by atoms with Crippen molar-refractivity contribution >= 4 is 33.2 Å². The van der Waals surface area contributed by atoms with E-state index in [1.165, 1.54) is 57.0 Å². The van der Waals surface area contributed by atoms with Crippen molar-refractivity contribution < 1.29 is 31.5 Å². The Balaban J connectivity index is 1.50. The Morgan fingerprint density at radius 3 is 2.50 bits per heavy atom. The topological polar surface area (TPSA) is 117 Å². The third-order valence-electron chi connectivity index (χ3n) is 9.43. The fraction of sp³-hybridized carbons (Fsp3) is 0.353. The molecule has 7 rings (SSSR count).